The number of carbonyl (C=O) groups is 1. The number of hydrogen-bond acceptors (Lipinski definition) is 6. The van der Waals surface area contributed by atoms with Crippen LogP contribution in [-0.4, -0.2) is 47.2 Å². The molecule has 1 aliphatic heterocycles. The molecule has 0 spiro atoms. The molecule has 4 rings (SSSR count). The van der Waals surface area contributed by atoms with E-state index in [1.165, 1.54) is 4.57 Å². The van der Waals surface area contributed by atoms with Crippen LogP contribution in [0.1, 0.15) is 12.0 Å². The fourth-order valence-corrected chi connectivity index (χ4v) is 4.22. The molecule has 1 aliphatic rings. The molecule has 1 saturated heterocycles. The summed E-state index contributed by atoms with van der Waals surface area (Å²) in [6.45, 7) is 1.43. The normalized spacial score (nSPS) is 18.2. The highest BCUT2D eigenvalue weighted by atomic mass is 35.5. The van der Waals surface area contributed by atoms with Gasteiger partial charge in [-0.25, -0.2) is 4.79 Å². The zero-order chi connectivity index (χ0) is 22.8. The zero-order valence-electron chi connectivity index (χ0n) is 17.6. The number of primary amides is 1. The Bertz CT molecular complexity index is 1240. The molecule has 2 heterocycles. The minimum atomic E-state index is -0.700. The van der Waals surface area contributed by atoms with Crippen molar-refractivity contribution < 1.29 is 13.9 Å². The first-order chi connectivity index (χ1) is 15.4. The van der Waals surface area contributed by atoms with Crippen LogP contribution in [0.5, 0.6) is 0 Å². The van der Waals surface area contributed by atoms with Gasteiger partial charge in [-0.15, -0.1) is 0 Å². The van der Waals surface area contributed by atoms with Gasteiger partial charge in [-0.1, -0.05) is 35.9 Å². The molecule has 1 amide bonds. The smallest absolute Gasteiger partial charge is 0.406 e. The van der Waals surface area contributed by atoms with Crippen molar-refractivity contribution in [2.24, 2.45) is 12.8 Å². The second kappa shape index (κ2) is 9.17. The van der Waals surface area contributed by atoms with Crippen molar-refractivity contribution in [3.05, 3.63) is 57.5 Å². The monoisotopic (exact) mass is 454 g/mol. The minimum absolute atomic E-state index is 0.313. The molecule has 0 aliphatic carbocycles. The summed E-state index contributed by atoms with van der Waals surface area (Å²) in [4.78, 5) is 25.3. The molecule has 2 atom stereocenters. The molecule has 0 bridgehead atoms. The highest BCUT2D eigenvalue weighted by Gasteiger charge is 2.28. The molecule has 0 radical (unpaired) electrons. The molecule has 8 nitrogen and oxygen atoms in total. The van der Waals surface area contributed by atoms with Crippen molar-refractivity contribution >= 4 is 28.6 Å². The fourth-order valence-electron chi connectivity index (χ4n) is 3.97. The van der Waals surface area contributed by atoms with E-state index in [1.807, 2.05) is 35.2 Å². The number of amides is 1. The zero-order valence-corrected chi connectivity index (χ0v) is 18.3. The summed E-state index contributed by atoms with van der Waals surface area (Å²) in [7, 11) is 1.63. The van der Waals surface area contributed by atoms with Gasteiger partial charge in [0.2, 0.25) is 5.91 Å². The third-order valence-corrected chi connectivity index (χ3v) is 6.06. The van der Waals surface area contributed by atoms with Crippen LogP contribution in [-0.2, 0) is 23.0 Å². The highest BCUT2D eigenvalue weighted by Crippen LogP contribution is 2.30. The molecule has 3 aromatic rings. The molecule has 1 aromatic heterocycles. The van der Waals surface area contributed by atoms with Crippen molar-refractivity contribution in [1.82, 2.24) is 9.47 Å². The first-order valence-corrected chi connectivity index (χ1v) is 10.7. The number of nitriles is 1. The maximum Gasteiger partial charge on any atom is 0.419 e. The molecule has 1 fully saturated rings. The SMILES string of the molecule is Cn1c(=O)oc2c(Cl)cc(-c3ccc(C[C@@H](C#N)N4CCCOC(C(N)=O)C4)cc3)cc21. The summed E-state index contributed by atoms with van der Waals surface area (Å²) in [6, 6.07) is 13.4. The first-order valence-electron chi connectivity index (χ1n) is 10.3. The van der Waals surface area contributed by atoms with E-state index in [9.17, 15) is 14.9 Å². The number of aryl methyl sites for hydroxylation is 1. The standard InChI is InChI=1S/C23H23ClN4O4/c1-27-19-11-16(10-18(24)21(19)32-23(27)30)15-5-3-14(4-6-15)9-17(12-25)28-7-2-8-31-20(13-28)22(26)29/h3-6,10-11,17,20H,2,7-9,13H2,1H3,(H2,26,29)/t17-,20?/m0/s1. The van der Waals surface area contributed by atoms with E-state index < -0.39 is 23.8 Å². The fraction of sp³-hybridized carbons (Fsp3) is 0.348. The van der Waals surface area contributed by atoms with Crippen LogP contribution in [0.15, 0.2) is 45.6 Å². The van der Waals surface area contributed by atoms with Gasteiger partial charge >= 0.3 is 5.76 Å². The van der Waals surface area contributed by atoms with Gasteiger partial charge in [0.05, 0.1) is 16.6 Å². The Morgan fingerprint density at radius 2 is 2.06 bits per heavy atom. The van der Waals surface area contributed by atoms with Gasteiger partial charge in [-0.2, -0.15) is 5.26 Å². The molecule has 32 heavy (non-hydrogen) atoms. The summed E-state index contributed by atoms with van der Waals surface area (Å²) in [6.07, 6.45) is 0.549. The van der Waals surface area contributed by atoms with Gasteiger partial charge in [0.25, 0.3) is 0 Å². The van der Waals surface area contributed by atoms with Gasteiger partial charge < -0.3 is 14.9 Å². The summed E-state index contributed by atoms with van der Waals surface area (Å²) < 4.78 is 12.1. The van der Waals surface area contributed by atoms with E-state index >= 15 is 0 Å². The second-order valence-electron chi connectivity index (χ2n) is 7.89. The molecule has 166 valence electrons. The van der Waals surface area contributed by atoms with Crippen molar-refractivity contribution in [2.45, 2.75) is 25.0 Å². The second-order valence-corrected chi connectivity index (χ2v) is 8.30. The number of carbonyl (C=O) groups excluding carboxylic acids is 1. The lowest BCUT2D eigenvalue weighted by molar-refractivity contribution is -0.129. The third-order valence-electron chi connectivity index (χ3n) is 5.78. The number of halogens is 1. The topological polar surface area (TPSA) is 114 Å². The summed E-state index contributed by atoms with van der Waals surface area (Å²) in [5.41, 5.74) is 9.18. The largest absolute Gasteiger partial charge is 0.419 e. The van der Waals surface area contributed by atoms with Crippen LogP contribution in [0.4, 0.5) is 0 Å². The maximum absolute atomic E-state index is 11.8. The molecular formula is C23H23ClN4O4. The third kappa shape index (κ3) is 4.41. The molecule has 0 saturated carbocycles. The Morgan fingerprint density at radius 1 is 1.31 bits per heavy atom. The predicted octanol–water partition coefficient (Wildman–Crippen LogP) is 2.46. The number of benzene rings is 2. The van der Waals surface area contributed by atoms with Crippen LogP contribution in [0, 0.1) is 11.3 Å². The minimum Gasteiger partial charge on any atom is -0.406 e. The molecule has 2 N–H and O–H groups in total. The lowest BCUT2D eigenvalue weighted by Gasteiger charge is -2.27. The van der Waals surface area contributed by atoms with Crippen molar-refractivity contribution in [3.8, 4) is 17.2 Å². The van der Waals surface area contributed by atoms with Gasteiger partial charge in [0.15, 0.2) is 5.58 Å². The summed E-state index contributed by atoms with van der Waals surface area (Å²) in [5.74, 6) is -0.974. The van der Waals surface area contributed by atoms with Crippen LogP contribution in [0.3, 0.4) is 0 Å². The summed E-state index contributed by atoms with van der Waals surface area (Å²) >= 11 is 6.32. The van der Waals surface area contributed by atoms with E-state index in [0.29, 0.717) is 42.2 Å². The quantitative estimate of drug-likeness (QED) is 0.633. The molecule has 9 heteroatoms. The van der Waals surface area contributed by atoms with E-state index in [0.717, 1.165) is 23.1 Å². The molecule has 2 aromatic carbocycles. The average molecular weight is 455 g/mol. The number of fused-ring (bicyclic) bond motifs is 1. The number of ether oxygens (including phenoxy) is 1. The van der Waals surface area contributed by atoms with Crippen LogP contribution < -0.4 is 11.5 Å². The maximum atomic E-state index is 11.8. The number of hydrogen-bond donors (Lipinski definition) is 1. The van der Waals surface area contributed by atoms with E-state index in [-0.39, 0.29) is 0 Å². The number of rotatable bonds is 5. The van der Waals surface area contributed by atoms with Crippen LogP contribution in [0.2, 0.25) is 5.02 Å². The Labute approximate surface area is 189 Å². The Balaban J connectivity index is 1.54. The van der Waals surface area contributed by atoms with Gasteiger partial charge in [-0.3, -0.25) is 14.3 Å². The van der Waals surface area contributed by atoms with E-state index in [4.69, 9.17) is 26.5 Å². The van der Waals surface area contributed by atoms with Gasteiger partial charge in [0, 0.05) is 33.2 Å². The van der Waals surface area contributed by atoms with Gasteiger partial charge in [-0.05, 0) is 35.2 Å². The van der Waals surface area contributed by atoms with Crippen LogP contribution in [0.25, 0.3) is 22.2 Å². The lowest BCUT2D eigenvalue weighted by atomic mass is 10.00. The number of oxazole rings is 1. The van der Waals surface area contributed by atoms with E-state index in [1.54, 1.807) is 13.1 Å². The van der Waals surface area contributed by atoms with E-state index in [2.05, 4.69) is 6.07 Å². The number of aromatic nitrogens is 1. The van der Waals surface area contributed by atoms with Crippen LogP contribution >= 0.6 is 11.6 Å². The Morgan fingerprint density at radius 3 is 2.75 bits per heavy atom. The Hall–Kier alpha value is -3.12. The number of nitrogens with two attached hydrogens (primary N) is 1. The predicted molar refractivity (Wildman–Crippen MR) is 120 cm³/mol. The lowest BCUT2D eigenvalue weighted by Crippen LogP contribution is -2.44. The number of nitrogens with zero attached hydrogens (tertiary/aromatic N) is 3. The Kier molecular flexibility index (Phi) is 6.33. The summed E-state index contributed by atoms with van der Waals surface area (Å²) in [5, 5.41) is 10.1. The average Bonchev–Trinajstić information content (AvgIpc) is 2.96. The highest BCUT2D eigenvalue weighted by molar-refractivity contribution is 6.35. The van der Waals surface area contributed by atoms with Crippen molar-refractivity contribution in [3.63, 3.8) is 0 Å². The van der Waals surface area contributed by atoms with Gasteiger partial charge in [0.1, 0.15) is 12.1 Å². The van der Waals surface area contributed by atoms with Crippen molar-refractivity contribution in [1.29, 1.82) is 5.26 Å². The van der Waals surface area contributed by atoms with Crippen molar-refractivity contribution in [2.75, 3.05) is 19.7 Å². The first kappa shape index (κ1) is 22.1. The molecule has 1 unspecified atom stereocenters. The molecular weight excluding hydrogens is 432 g/mol.